The fraction of sp³-hybridized carbons (Fsp3) is 0.808. The van der Waals surface area contributed by atoms with Gasteiger partial charge in [0.05, 0.1) is 27.7 Å². The predicted octanol–water partition coefficient (Wildman–Crippen LogP) is 22.8. The topological polar surface area (TPSA) is 108 Å². The van der Waals surface area contributed by atoms with Crippen molar-refractivity contribution < 1.29 is 42.1 Å². The van der Waals surface area contributed by atoms with Crippen molar-refractivity contribution in [1.82, 2.24) is 0 Å². The highest BCUT2D eigenvalue weighted by molar-refractivity contribution is 7.47. The minimum atomic E-state index is -4.39. The highest BCUT2D eigenvalue weighted by atomic mass is 31.2. The molecule has 0 aliphatic carbocycles. The van der Waals surface area contributed by atoms with Crippen LogP contribution < -0.4 is 0 Å². The number of allylic oxidation sites excluding steroid dienone is 12. The van der Waals surface area contributed by atoms with Crippen LogP contribution in [-0.2, 0) is 32.7 Å². The minimum absolute atomic E-state index is 0.0318. The Morgan fingerprint density at radius 1 is 0.386 bits per heavy atom. The third-order valence-electron chi connectivity index (χ3n) is 15.5. The second kappa shape index (κ2) is 63.9. The lowest BCUT2D eigenvalue weighted by molar-refractivity contribution is -0.870. The van der Waals surface area contributed by atoms with E-state index in [2.05, 4.69) is 86.8 Å². The van der Waals surface area contributed by atoms with E-state index < -0.39 is 26.5 Å². The van der Waals surface area contributed by atoms with E-state index in [1.807, 2.05) is 21.1 Å². The number of phosphoric acid groups is 1. The number of nitrogens with zero attached hydrogens (tertiary/aromatic N) is 1. The molecule has 0 aromatic heterocycles. The van der Waals surface area contributed by atoms with Gasteiger partial charge in [0.2, 0.25) is 0 Å². The number of carbonyl (C=O) groups excluding carboxylic acids is 2. The molecule has 2 unspecified atom stereocenters. The van der Waals surface area contributed by atoms with Gasteiger partial charge >= 0.3 is 19.8 Å². The molecule has 0 saturated carbocycles. The maximum atomic E-state index is 12.9. The Kier molecular flexibility index (Phi) is 62.0. The monoisotopic (exact) mass is 1180 g/mol. The van der Waals surface area contributed by atoms with Crippen molar-refractivity contribution in [3.63, 3.8) is 0 Å². The molecule has 484 valence electrons. The van der Waals surface area contributed by atoms with E-state index in [1.165, 1.54) is 218 Å². The zero-order chi connectivity index (χ0) is 60.5. The van der Waals surface area contributed by atoms with Crippen molar-refractivity contribution in [3.8, 4) is 0 Å². The summed E-state index contributed by atoms with van der Waals surface area (Å²) < 4.78 is 34.7. The summed E-state index contributed by atoms with van der Waals surface area (Å²) in [5.74, 6) is -0.783. The molecule has 10 heteroatoms. The summed E-state index contributed by atoms with van der Waals surface area (Å²) in [6.45, 7) is 4.37. The van der Waals surface area contributed by atoms with Gasteiger partial charge < -0.3 is 18.9 Å². The van der Waals surface area contributed by atoms with E-state index in [-0.39, 0.29) is 25.6 Å². The van der Waals surface area contributed by atoms with Crippen molar-refractivity contribution in [3.05, 3.63) is 72.9 Å². The van der Waals surface area contributed by atoms with Crippen LogP contribution in [0.15, 0.2) is 72.9 Å². The quantitative estimate of drug-likeness (QED) is 0.0211. The Morgan fingerprint density at radius 3 is 1.02 bits per heavy atom. The average molecular weight is 1190 g/mol. The van der Waals surface area contributed by atoms with Gasteiger partial charge in [0.1, 0.15) is 19.8 Å². The Morgan fingerprint density at radius 2 is 0.687 bits per heavy atom. The number of carbonyl (C=O) groups is 2. The van der Waals surface area contributed by atoms with E-state index in [0.717, 1.165) is 77.0 Å². The number of ether oxygens (including phenoxy) is 2. The normalized spacial score (nSPS) is 13.6. The summed E-state index contributed by atoms with van der Waals surface area (Å²) in [5, 5.41) is 0. The second-order valence-corrected chi connectivity index (χ2v) is 26.4. The number of hydrogen-bond donors (Lipinski definition) is 1. The first kappa shape index (κ1) is 80.5. The van der Waals surface area contributed by atoms with Crippen LogP contribution >= 0.6 is 7.82 Å². The van der Waals surface area contributed by atoms with Gasteiger partial charge in [0.25, 0.3) is 0 Å². The molecule has 83 heavy (non-hydrogen) atoms. The van der Waals surface area contributed by atoms with E-state index >= 15 is 0 Å². The highest BCUT2D eigenvalue weighted by Crippen LogP contribution is 2.43. The summed E-state index contributed by atoms with van der Waals surface area (Å²) in [7, 11) is 1.49. The Bertz CT molecular complexity index is 1630. The predicted molar refractivity (Wildman–Crippen MR) is 358 cm³/mol. The molecule has 0 bridgehead atoms. The van der Waals surface area contributed by atoms with Crippen molar-refractivity contribution in [2.75, 3.05) is 47.5 Å². The molecule has 0 aromatic carbocycles. The van der Waals surface area contributed by atoms with Crippen LogP contribution in [0.5, 0.6) is 0 Å². The van der Waals surface area contributed by atoms with Crippen LogP contribution in [0.3, 0.4) is 0 Å². The molecule has 0 spiro atoms. The number of phosphoric ester groups is 1. The molecule has 1 N–H and O–H groups in total. The summed E-state index contributed by atoms with van der Waals surface area (Å²) in [4.78, 5) is 35.9. The molecule has 2 atom stereocenters. The maximum absolute atomic E-state index is 12.9. The van der Waals surface area contributed by atoms with Gasteiger partial charge in [-0.2, -0.15) is 0 Å². The summed E-state index contributed by atoms with van der Waals surface area (Å²) in [5.41, 5.74) is 0. The lowest BCUT2D eigenvalue weighted by Crippen LogP contribution is -2.37. The van der Waals surface area contributed by atoms with E-state index in [1.54, 1.807) is 0 Å². The number of quaternary nitrogens is 1. The molecule has 0 amide bonds. The molecular weight excluding hydrogens is 1050 g/mol. The summed E-state index contributed by atoms with van der Waals surface area (Å²) in [6, 6.07) is 0. The maximum Gasteiger partial charge on any atom is 0.472 e. The standard InChI is InChI=1S/C73H134NO8P/c1-6-8-10-12-14-16-18-20-22-24-26-28-30-32-34-35-36-37-38-39-40-42-44-46-48-50-52-54-56-58-60-62-64-66-73(76)82-71(70-81-83(77,78)80-68-67-74(3,4)5)69-79-72(75)65-63-61-59-57-55-53-51-49-47-45-43-41-33-31-29-27-25-23-21-19-17-15-13-11-9-7-2/h8,10,14,16,20,22,26,28,32,34,36-37,71H,6-7,9,11-13,15,17-19,21,23-25,27,29-31,33,35,38-70H2,1-5H3/p+1/b10-8-,16-14-,22-20-,28-26-,34-32-,37-36-. The zero-order valence-electron chi connectivity index (χ0n) is 55.2. The number of hydrogen-bond acceptors (Lipinski definition) is 7. The van der Waals surface area contributed by atoms with E-state index in [0.29, 0.717) is 23.9 Å². The van der Waals surface area contributed by atoms with Gasteiger partial charge in [0.15, 0.2) is 6.10 Å². The molecule has 0 saturated heterocycles. The molecule has 0 heterocycles. The molecule has 0 aromatic rings. The highest BCUT2D eigenvalue weighted by Gasteiger charge is 2.27. The van der Waals surface area contributed by atoms with E-state index in [4.69, 9.17) is 18.5 Å². The first-order valence-corrected chi connectivity index (χ1v) is 36.7. The second-order valence-electron chi connectivity index (χ2n) is 24.9. The third kappa shape index (κ3) is 68.4. The van der Waals surface area contributed by atoms with Crippen LogP contribution in [0.1, 0.15) is 328 Å². The van der Waals surface area contributed by atoms with Gasteiger partial charge in [-0.25, -0.2) is 4.57 Å². The fourth-order valence-electron chi connectivity index (χ4n) is 10.1. The van der Waals surface area contributed by atoms with Crippen molar-refractivity contribution in [1.29, 1.82) is 0 Å². The summed E-state index contributed by atoms with van der Waals surface area (Å²) in [6.07, 6.45) is 85.8. The zero-order valence-corrected chi connectivity index (χ0v) is 56.1. The SMILES string of the molecule is CC/C=C\C/C=C\C/C=C\C/C=C\C/C=C\C/C=C\CCCCCCCCCCCCCCCCC(=O)OC(COC(=O)CCCCCCCCCCCCCCCCCCCCCCCCCCCC)COP(=O)(O)OCC[N+](C)(C)C. The van der Waals surface area contributed by atoms with Crippen LogP contribution in [0.4, 0.5) is 0 Å². The van der Waals surface area contributed by atoms with Crippen LogP contribution in [0.25, 0.3) is 0 Å². The Labute approximate surface area is 514 Å². The Balaban J connectivity index is 4.03. The molecule has 0 aliphatic heterocycles. The number of unbranched alkanes of at least 4 members (excludes halogenated alkanes) is 39. The van der Waals surface area contributed by atoms with Gasteiger partial charge in [0, 0.05) is 12.8 Å². The minimum Gasteiger partial charge on any atom is -0.462 e. The van der Waals surface area contributed by atoms with E-state index in [9.17, 15) is 19.0 Å². The molecule has 0 aliphatic rings. The molecule has 0 radical (unpaired) electrons. The van der Waals surface area contributed by atoms with Crippen molar-refractivity contribution in [2.24, 2.45) is 0 Å². The number of esters is 2. The smallest absolute Gasteiger partial charge is 0.462 e. The average Bonchev–Trinajstić information content (AvgIpc) is 3.48. The van der Waals surface area contributed by atoms with Gasteiger partial charge in [-0.15, -0.1) is 0 Å². The molecule has 0 rings (SSSR count). The van der Waals surface area contributed by atoms with Crippen LogP contribution in [0.2, 0.25) is 0 Å². The Hall–Kier alpha value is -2.55. The van der Waals surface area contributed by atoms with Crippen molar-refractivity contribution >= 4 is 19.8 Å². The van der Waals surface area contributed by atoms with Crippen molar-refractivity contribution in [2.45, 2.75) is 335 Å². The molecular formula is C73H135NO8P+. The molecule has 0 fully saturated rings. The first-order valence-electron chi connectivity index (χ1n) is 35.2. The van der Waals surface area contributed by atoms with Crippen LogP contribution in [-0.4, -0.2) is 74.9 Å². The fourth-order valence-corrected chi connectivity index (χ4v) is 10.9. The van der Waals surface area contributed by atoms with Gasteiger partial charge in [-0.3, -0.25) is 18.6 Å². The molecule has 9 nitrogen and oxygen atoms in total. The van der Waals surface area contributed by atoms with Gasteiger partial charge in [-0.1, -0.05) is 324 Å². The van der Waals surface area contributed by atoms with Gasteiger partial charge in [-0.05, 0) is 64.2 Å². The summed E-state index contributed by atoms with van der Waals surface area (Å²) >= 11 is 0. The first-order chi connectivity index (χ1) is 40.5. The lowest BCUT2D eigenvalue weighted by Gasteiger charge is -2.24. The largest absolute Gasteiger partial charge is 0.472 e. The third-order valence-corrected chi connectivity index (χ3v) is 16.5. The lowest BCUT2D eigenvalue weighted by atomic mass is 10.0. The number of rotatable bonds is 65. The van der Waals surface area contributed by atoms with Crippen LogP contribution in [0, 0.1) is 0 Å². The number of likely N-dealkylation sites (N-methyl/N-ethyl adjacent to an activating group) is 1.